The number of esters is 1. The number of ketones is 1. The Morgan fingerprint density at radius 3 is 2.36 bits per heavy atom. The Balaban J connectivity index is 1.70. The summed E-state index contributed by atoms with van der Waals surface area (Å²) < 4.78 is 10.5. The van der Waals surface area contributed by atoms with Gasteiger partial charge in [-0.2, -0.15) is 0 Å². The maximum absolute atomic E-state index is 12.3. The highest BCUT2D eigenvalue weighted by molar-refractivity contribution is 6.33. The first-order chi connectivity index (χ1) is 13.6. The first-order valence-electron chi connectivity index (χ1n) is 8.50. The van der Waals surface area contributed by atoms with Gasteiger partial charge in [-0.1, -0.05) is 41.9 Å². The Labute approximate surface area is 168 Å². The maximum atomic E-state index is 12.3. The smallest absolute Gasteiger partial charge is 0.345 e. The average Bonchev–Trinajstić information content (AvgIpc) is 2.72. The predicted octanol–water partition coefficient (Wildman–Crippen LogP) is 5.46. The van der Waals surface area contributed by atoms with Gasteiger partial charge in [0, 0.05) is 5.56 Å². The van der Waals surface area contributed by atoms with Gasteiger partial charge < -0.3 is 9.47 Å². The standard InChI is InChI=1S/C23H17ClO4/c1-27-18-12-10-17(11-13-18)22(25)14-9-16-5-4-6-19(15-16)28-23(26)20-7-2-3-8-21(20)24/h2-15H,1H3. The fraction of sp³-hybridized carbons (Fsp3) is 0.0435. The molecule has 0 aliphatic rings. The van der Waals surface area contributed by atoms with Gasteiger partial charge >= 0.3 is 5.97 Å². The van der Waals surface area contributed by atoms with Crippen LogP contribution in [-0.4, -0.2) is 18.9 Å². The number of allylic oxidation sites excluding steroid dienone is 1. The molecule has 3 aromatic rings. The fourth-order valence-electron chi connectivity index (χ4n) is 2.49. The van der Waals surface area contributed by atoms with E-state index >= 15 is 0 Å². The minimum Gasteiger partial charge on any atom is -0.497 e. The zero-order valence-corrected chi connectivity index (χ0v) is 15.8. The summed E-state index contributed by atoms with van der Waals surface area (Å²) in [4.78, 5) is 24.5. The van der Waals surface area contributed by atoms with Crippen molar-refractivity contribution >= 4 is 29.4 Å². The summed E-state index contributed by atoms with van der Waals surface area (Å²) in [5, 5.41) is 0.327. The van der Waals surface area contributed by atoms with Gasteiger partial charge in [0.05, 0.1) is 17.7 Å². The van der Waals surface area contributed by atoms with Gasteiger partial charge in [-0.3, -0.25) is 4.79 Å². The molecule has 0 N–H and O–H groups in total. The second kappa shape index (κ2) is 9.02. The van der Waals surface area contributed by atoms with Gasteiger partial charge in [-0.15, -0.1) is 0 Å². The highest BCUT2D eigenvalue weighted by Gasteiger charge is 2.12. The van der Waals surface area contributed by atoms with Crippen LogP contribution in [0.1, 0.15) is 26.3 Å². The van der Waals surface area contributed by atoms with E-state index in [1.165, 1.54) is 6.08 Å². The molecule has 0 saturated heterocycles. The van der Waals surface area contributed by atoms with Gasteiger partial charge in [-0.05, 0) is 60.2 Å². The van der Waals surface area contributed by atoms with Crippen LogP contribution in [0.3, 0.4) is 0 Å². The zero-order valence-electron chi connectivity index (χ0n) is 15.1. The second-order valence-electron chi connectivity index (χ2n) is 5.87. The molecule has 0 fully saturated rings. The van der Waals surface area contributed by atoms with Crippen LogP contribution in [-0.2, 0) is 0 Å². The number of rotatable bonds is 6. The first-order valence-corrected chi connectivity index (χ1v) is 8.88. The Morgan fingerprint density at radius 1 is 0.893 bits per heavy atom. The van der Waals surface area contributed by atoms with Crippen molar-refractivity contribution in [1.29, 1.82) is 0 Å². The van der Waals surface area contributed by atoms with Crippen molar-refractivity contribution in [2.24, 2.45) is 0 Å². The lowest BCUT2D eigenvalue weighted by atomic mass is 10.1. The van der Waals surface area contributed by atoms with Gasteiger partial charge in [0.2, 0.25) is 0 Å². The third kappa shape index (κ3) is 4.87. The Bertz CT molecular complexity index is 1020. The summed E-state index contributed by atoms with van der Waals surface area (Å²) in [6, 6.07) is 20.4. The largest absolute Gasteiger partial charge is 0.497 e. The molecule has 0 aliphatic carbocycles. The number of methoxy groups -OCH3 is 1. The highest BCUT2D eigenvalue weighted by atomic mass is 35.5. The molecule has 0 saturated carbocycles. The van der Waals surface area contributed by atoms with Crippen molar-refractivity contribution in [1.82, 2.24) is 0 Å². The van der Waals surface area contributed by atoms with Crippen molar-refractivity contribution in [2.45, 2.75) is 0 Å². The molecular weight excluding hydrogens is 376 g/mol. The molecule has 4 nitrogen and oxygen atoms in total. The summed E-state index contributed by atoms with van der Waals surface area (Å²) in [6.45, 7) is 0. The third-order valence-electron chi connectivity index (χ3n) is 3.96. The lowest BCUT2D eigenvalue weighted by molar-refractivity contribution is 0.0734. The van der Waals surface area contributed by atoms with Crippen LogP contribution >= 0.6 is 11.6 Å². The second-order valence-corrected chi connectivity index (χ2v) is 6.28. The predicted molar refractivity (Wildman–Crippen MR) is 109 cm³/mol. The summed E-state index contributed by atoms with van der Waals surface area (Å²) in [5.41, 5.74) is 1.57. The van der Waals surface area contributed by atoms with Crippen molar-refractivity contribution in [3.63, 3.8) is 0 Å². The van der Waals surface area contributed by atoms with E-state index in [4.69, 9.17) is 21.1 Å². The van der Waals surface area contributed by atoms with E-state index in [1.807, 2.05) is 6.07 Å². The van der Waals surface area contributed by atoms with Crippen LogP contribution in [0.25, 0.3) is 6.08 Å². The first kappa shape index (κ1) is 19.4. The van der Waals surface area contributed by atoms with E-state index in [9.17, 15) is 9.59 Å². The Morgan fingerprint density at radius 2 is 1.64 bits per heavy atom. The van der Waals surface area contributed by atoms with Crippen LogP contribution in [0, 0.1) is 0 Å². The third-order valence-corrected chi connectivity index (χ3v) is 4.29. The number of ether oxygens (including phenoxy) is 2. The van der Waals surface area contributed by atoms with Gasteiger partial charge in [0.25, 0.3) is 0 Å². The molecule has 140 valence electrons. The van der Waals surface area contributed by atoms with Crippen LogP contribution in [0.4, 0.5) is 0 Å². The van der Waals surface area contributed by atoms with Crippen LogP contribution < -0.4 is 9.47 Å². The van der Waals surface area contributed by atoms with Crippen LogP contribution in [0.5, 0.6) is 11.5 Å². The SMILES string of the molecule is COc1ccc(C(=O)C=Cc2cccc(OC(=O)c3ccccc3Cl)c2)cc1. The minimum absolute atomic E-state index is 0.138. The zero-order chi connectivity index (χ0) is 19.9. The lowest BCUT2D eigenvalue weighted by Crippen LogP contribution is -2.09. The van der Waals surface area contributed by atoms with Crippen molar-refractivity contribution in [3.05, 3.63) is 101 Å². The Hall–Kier alpha value is -3.37. The van der Waals surface area contributed by atoms with E-state index in [0.717, 1.165) is 5.56 Å². The molecule has 0 heterocycles. The molecular formula is C23H17ClO4. The number of carbonyl (C=O) groups is 2. The van der Waals surface area contributed by atoms with E-state index in [0.29, 0.717) is 27.6 Å². The summed E-state index contributed by atoms with van der Waals surface area (Å²) in [7, 11) is 1.57. The molecule has 3 rings (SSSR count). The molecule has 5 heteroatoms. The fourth-order valence-corrected chi connectivity index (χ4v) is 2.71. The monoisotopic (exact) mass is 392 g/mol. The maximum Gasteiger partial charge on any atom is 0.345 e. The van der Waals surface area contributed by atoms with E-state index < -0.39 is 5.97 Å². The van der Waals surface area contributed by atoms with Crippen molar-refractivity contribution in [3.8, 4) is 11.5 Å². The van der Waals surface area contributed by atoms with E-state index in [1.54, 1.807) is 79.9 Å². The molecule has 0 aliphatic heterocycles. The van der Waals surface area contributed by atoms with E-state index in [2.05, 4.69) is 0 Å². The number of halogens is 1. The van der Waals surface area contributed by atoms with Gasteiger partial charge in [0.1, 0.15) is 11.5 Å². The van der Waals surface area contributed by atoms with Gasteiger partial charge in [-0.25, -0.2) is 4.79 Å². The van der Waals surface area contributed by atoms with Crippen LogP contribution in [0.2, 0.25) is 5.02 Å². The summed E-state index contributed by atoms with van der Waals surface area (Å²) in [5.74, 6) is 0.375. The van der Waals surface area contributed by atoms with Crippen molar-refractivity contribution in [2.75, 3.05) is 7.11 Å². The van der Waals surface area contributed by atoms with Crippen LogP contribution in [0.15, 0.2) is 78.9 Å². The molecule has 0 amide bonds. The summed E-state index contributed by atoms with van der Waals surface area (Å²) in [6.07, 6.45) is 3.14. The topological polar surface area (TPSA) is 52.6 Å². The average molecular weight is 393 g/mol. The molecule has 0 unspecified atom stereocenters. The number of carbonyl (C=O) groups excluding carboxylic acids is 2. The molecule has 3 aromatic carbocycles. The van der Waals surface area contributed by atoms with E-state index in [-0.39, 0.29) is 5.78 Å². The number of hydrogen-bond donors (Lipinski definition) is 0. The molecule has 0 bridgehead atoms. The molecule has 28 heavy (non-hydrogen) atoms. The quantitative estimate of drug-likeness (QED) is 0.242. The van der Waals surface area contributed by atoms with Crippen molar-refractivity contribution < 1.29 is 19.1 Å². The lowest BCUT2D eigenvalue weighted by Gasteiger charge is -2.06. The van der Waals surface area contributed by atoms with Gasteiger partial charge in [0.15, 0.2) is 5.78 Å². The molecule has 0 aromatic heterocycles. The highest BCUT2D eigenvalue weighted by Crippen LogP contribution is 2.20. The molecule has 0 radical (unpaired) electrons. The number of hydrogen-bond acceptors (Lipinski definition) is 4. The minimum atomic E-state index is -0.541. The molecule has 0 spiro atoms. The Kier molecular flexibility index (Phi) is 6.25. The summed E-state index contributed by atoms with van der Waals surface area (Å²) >= 11 is 6.02. The molecule has 0 atom stereocenters. The normalized spacial score (nSPS) is 10.6. The number of benzene rings is 3.